The molecule has 1 aromatic carbocycles. The number of hydrogen-bond donors (Lipinski definition) is 1. The highest BCUT2D eigenvalue weighted by atomic mass is 32.2. The summed E-state index contributed by atoms with van der Waals surface area (Å²) in [5, 5.41) is 0. The minimum Gasteiger partial charge on any atom is -0.334 e. The normalized spacial score (nSPS) is 12.6. The summed E-state index contributed by atoms with van der Waals surface area (Å²) < 4.78 is 2.16. The van der Waals surface area contributed by atoms with Crippen molar-refractivity contribution in [3.8, 4) is 0 Å². The van der Waals surface area contributed by atoms with E-state index in [1.165, 1.54) is 10.5 Å². The Morgan fingerprint density at radius 3 is 2.89 bits per heavy atom. The van der Waals surface area contributed by atoms with Gasteiger partial charge in [0.1, 0.15) is 5.82 Å². The Bertz CT molecular complexity index is 522. The lowest BCUT2D eigenvalue weighted by Gasteiger charge is -2.14. The second kappa shape index (κ2) is 6.78. The molecule has 2 rings (SSSR count). The Morgan fingerprint density at radius 1 is 1.37 bits per heavy atom. The van der Waals surface area contributed by atoms with E-state index in [1.807, 2.05) is 12.4 Å². The fourth-order valence-corrected chi connectivity index (χ4v) is 3.03. The maximum Gasteiger partial charge on any atom is 0.126 e. The van der Waals surface area contributed by atoms with E-state index in [2.05, 4.69) is 47.7 Å². The van der Waals surface area contributed by atoms with Crippen LogP contribution in [0.15, 0.2) is 41.6 Å². The highest BCUT2D eigenvalue weighted by Crippen LogP contribution is 2.25. The maximum absolute atomic E-state index is 6.26. The van der Waals surface area contributed by atoms with Crippen molar-refractivity contribution in [2.45, 2.75) is 37.8 Å². The van der Waals surface area contributed by atoms with E-state index in [1.54, 1.807) is 11.8 Å². The van der Waals surface area contributed by atoms with Crippen molar-refractivity contribution in [1.29, 1.82) is 0 Å². The molecule has 1 heterocycles. The Balaban J connectivity index is 1.99. The predicted octanol–water partition coefficient (Wildman–Crippen LogP) is 3.39. The van der Waals surface area contributed by atoms with Gasteiger partial charge in [-0.3, -0.25) is 0 Å². The molecule has 4 heteroatoms. The summed E-state index contributed by atoms with van der Waals surface area (Å²) >= 11 is 1.80. The Kier molecular flexibility index (Phi) is 5.05. The fraction of sp³-hybridized carbons (Fsp3) is 0.400. The molecule has 19 heavy (non-hydrogen) atoms. The largest absolute Gasteiger partial charge is 0.334 e. The third kappa shape index (κ3) is 3.61. The van der Waals surface area contributed by atoms with Gasteiger partial charge in [0.15, 0.2) is 0 Å². The van der Waals surface area contributed by atoms with Gasteiger partial charge in [-0.25, -0.2) is 4.98 Å². The molecule has 0 bridgehead atoms. The van der Waals surface area contributed by atoms with Crippen molar-refractivity contribution in [3.05, 3.63) is 48.0 Å². The van der Waals surface area contributed by atoms with Gasteiger partial charge in [-0.05, 0) is 25.0 Å². The molecule has 0 aliphatic rings. The molecule has 0 aliphatic carbocycles. The highest BCUT2D eigenvalue weighted by molar-refractivity contribution is 7.99. The zero-order valence-electron chi connectivity index (χ0n) is 11.5. The number of rotatable bonds is 6. The first-order valence-electron chi connectivity index (χ1n) is 6.67. The molecule has 1 atom stereocenters. The molecular weight excluding hydrogens is 254 g/mol. The molecule has 2 N–H and O–H groups in total. The molecule has 0 amide bonds. The van der Waals surface area contributed by atoms with Crippen molar-refractivity contribution in [1.82, 2.24) is 9.55 Å². The van der Waals surface area contributed by atoms with Crippen LogP contribution in [-0.2, 0) is 6.54 Å². The van der Waals surface area contributed by atoms with Gasteiger partial charge in [0.05, 0.1) is 6.04 Å². The summed E-state index contributed by atoms with van der Waals surface area (Å²) in [4.78, 5) is 5.69. The van der Waals surface area contributed by atoms with Gasteiger partial charge in [0.25, 0.3) is 0 Å². The summed E-state index contributed by atoms with van der Waals surface area (Å²) in [5.41, 5.74) is 7.57. The summed E-state index contributed by atoms with van der Waals surface area (Å²) in [5.74, 6) is 1.84. The van der Waals surface area contributed by atoms with Crippen LogP contribution >= 0.6 is 11.8 Å². The van der Waals surface area contributed by atoms with Crippen LogP contribution in [0.5, 0.6) is 0 Å². The van der Waals surface area contributed by atoms with Crippen molar-refractivity contribution < 1.29 is 0 Å². The number of imidazole rings is 1. The number of thioether (sulfide) groups is 1. The number of aryl methyl sites for hydroxylation is 2. The van der Waals surface area contributed by atoms with Crippen LogP contribution in [0.25, 0.3) is 0 Å². The van der Waals surface area contributed by atoms with Crippen LogP contribution in [0.4, 0.5) is 0 Å². The monoisotopic (exact) mass is 275 g/mol. The van der Waals surface area contributed by atoms with E-state index in [4.69, 9.17) is 5.73 Å². The summed E-state index contributed by atoms with van der Waals surface area (Å²) in [6.45, 7) is 5.28. The lowest BCUT2D eigenvalue weighted by atomic mass is 10.2. The Labute approximate surface area is 119 Å². The second-order valence-corrected chi connectivity index (χ2v) is 5.72. The first-order chi connectivity index (χ1) is 9.22. The quantitative estimate of drug-likeness (QED) is 0.822. The molecule has 0 saturated carbocycles. The average Bonchev–Trinajstić information content (AvgIpc) is 2.86. The molecule has 0 fully saturated rings. The molecule has 3 nitrogen and oxygen atoms in total. The third-order valence-electron chi connectivity index (χ3n) is 3.06. The minimum atomic E-state index is -0.0221. The summed E-state index contributed by atoms with van der Waals surface area (Å²) in [6, 6.07) is 8.38. The van der Waals surface area contributed by atoms with Gasteiger partial charge in [-0.1, -0.05) is 25.1 Å². The highest BCUT2D eigenvalue weighted by Gasteiger charge is 2.13. The van der Waals surface area contributed by atoms with Gasteiger partial charge in [-0.2, -0.15) is 0 Å². The smallest absolute Gasteiger partial charge is 0.126 e. The van der Waals surface area contributed by atoms with E-state index in [0.717, 1.165) is 24.5 Å². The lowest BCUT2D eigenvalue weighted by molar-refractivity contribution is 0.603. The SMILES string of the molecule is CCCn1ccnc1C(N)CSc1ccccc1C. The molecule has 0 saturated heterocycles. The van der Waals surface area contributed by atoms with Crippen LogP contribution in [0.3, 0.4) is 0 Å². The van der Waals surface area contributed by atoms with Gasteiger partial charge in [0.2, 0.25) is 0 Å². The first kappa shape index (κ1) is 14.2. The molecule has 1 unspecified atom stereocenters. The number of nitrogens with zero attached hydrogens (tertiary/aromatic N) is 2. The van der Waals surface area contributed by atoms with Gasteiger partial charge in [-0.15, -0.1) is 11.8 Å². The maximum atomic E-state index is 6.26. The van der Waals surface area contributed by atoms with E-state index < -0.39 is 0 Å². The van der Waals surface area contributed by atoms with Crippen LogP contribution in [0, 0.1) is 6.92 Å². The zero-order valence-corrected chi connectivity index (χ0v) is 12.4. The van der Waals surface area contributed by atoms with Crippen LogP contribution in [0.2, 0.25) is 0 Å². The molecule has 2 aromatic rings. The van der Waals surface area contributed by atoms with Crippen LogP contribution in [0.1, 0.15) is 30.8 Å². The van der Waals surface area contributed by atoms with E-state index >= 15 is 0 Å². The first-order valence-corrected chi connectivity index (χ1v) is 7.66. The van der Waals surface area contributed by atoms with Gasteiger partial charge in [0, 0.05) is 29.6 Å². The van der Waals surface area contributed by atoms with E-state index in [-0.39, 0.29) is 6.04 Å². The van der Waals surface area contributed by atoms with Crippen LogP contribution in [-0.4, -0.2) is 15.3 Å². The second-order valence-electron chi connectivity index (χ2n) is 4.66. The molecule has 1 aromatic heterocycles. The third-order valence-corrected chi connectivity index (χ3v) is 4.35. The van der Waals surface area contributed by atoms with Gasteiger partial charge >= 0.3 is 0 Å². The fourth-order valence-electron chi connectivity index (χ4n) is 2.05. The minimum absolute atomic E-state index is 0.0221. The molecule has 0 aliphatic heterocycles. The van der Waals surface area contributed by atoms with E-state index in [0.29, 0.717) is 0 Å². The molecule has 0 spiro atoms. The van der Waals surface area contributed by atoms with Crippen molar-refractivity contribution in [3.63, 3.8) is 0 Å². The molecule has 102 valence electrons. The zero-order chi connectivity index (χ0) is 13.7. The summed E-state index contributed by atoms with van der Waals surface area (Å²) in [6.07, 6.45) is 4.95. The average molecular weight is 275 g/mol. The Hall–Kier alpha value is -1.26. The van der Waals surface area contributed by atoms with Gasteiger partial charge < -0.3 is 10.3 Å². The van der Waals surface area contributed by atoms with Crippen molar-refractivity contribution >= 4 is 11.8 Å². The number of aromatic nitrogens is 2. The lowest BCUT2D eigenvalue weighted by Crippen LogP contribution is -2.18. The molecule has 0 radical (unpaired) electrons. The summed E-state index contributed by atoms with van der Waals surface area (Å²) in [7, 11) is 0. The van der Waals surface area contributed by atoms with Crippen molar-refractivity contribution in [2.24, 2.45) is 5.73 Å². The Morgan fingerprint density at radius 2 is 2.16 bits per heavy atom. The van der Waals surface area contributed by atoms with Crippen molar-refractivity contribution in [2.75, 3.05) is 5.75 Å². The van der Waals surface area contributed by atoms with E-state index in [9.17, 15) is 0 Å². The molecular formula is C15H21N3S. The standard InChI is InChI=1S/C15H21N3S/c1-3-9-18-10-8-17-15(18)13(16)11-19-14-7-5-4-6-12(14)2/h4-8,10,13H,3,9,11,16H2,1-2H3. The number of hydrogen-bond acceptors (Lipinski definition) is 3. The van der Waals surface area contributed by atoms with Crippen LogP contribution < -0.4 is 5.73 Å². The number of benzene rings is 1. The topological polar surface area (TPSA) is 43.8 Å². The predicted molar refractivity (Wildman–Crippen MR) is 81.3 cm³/mol. The number of nitrogens with two attached hydrogens (primary N) is 1.